The average Bonchev–Trinajstić information content (AvgIpc) is 2.48. The lowest BCUT2D eigenvalue weighted by atomic mass is 10.2. The number of nitrogens with zero attached hydrogens (tertiary/aromatic N) is 1. The highest BCUT2D eigenvalue weighted by molar-refractivity contribution is 6.34. The third-order valence-electron chi connectivity index (χ3n) is 2.99. The van der Waals surface area contributed by atoms with Gasteiger partial charge in [0.05, 0.1) is 38.9 Å². The van der Waals surface area contributed by atoms with Gasteiger partial charge in [0, 0.05) is 0 Å². The third kappa shape index (κ3) is 5.02. The first-order chi connectivity index (χ1) is 11.5. The van der Waals surface area contributed by atoms with Crippen molar-refractivity contribution < 1.29 is 26.3 Å². The van der Waals surface area contributed by atoms with Gasteiger partial charge in [0.2, 0.25) is 0 Å². The molecule has 134 valence electrons. The number of hydrogen-bond donors (Lipinski definition) is 1. The van der Waals surface area contributed by atoms with Gasteiger partial charge in [-0.05, 0) is 36.4 Å². The highest BCUT2D eigenvalue weighted by atomic mass is 35.5. The molecule has 0 bridgehead atoms. The lowest BCUT2D eigenvalue weighted by Crippen LogP contribution is -2.06. The van der Waals surface area contributed by atoms with Gasteiger partial charge in [-0.2, -0.15) is 26.3 Å². The summed E-state index contributed by atoms with van der Waals surface area (Å²) < 4.78 is 76.0. The molecule has 0 aliphatic heterocycles. The van der Waals surface area contributed by atoms with Crippen LogP contribution in [0.15, 0.2) is 41.4 Å². The summed E-state index contributed by atoms with van der Waals surface area (Å²) in [5, 5.41) is 2.32. The summed E-state index contributed by atoms with van der Waals surface area (Å²) >= 11 is 11.5. The molecule has 10 heteroatoms. The van der Waals surface area contributed by atoms with Crippen molar-refractivity contribution in [1.29, 1.82) is 0 Å². The van der Waals surface area contributed by atoms with Crippen LogP contribution < -0.4 is 5.32 Å². The molecule has 1 N–H and O–H groups in total. The van der Waals surface area contributed by atoms with E-state index in [1.165, 1.54) is 0 Å². The van der Waals surface area contributed by atoms with E-state index in [1.54, 1.807) is 0 Å². The molecule has 0 atom stereocenters. The highest BCUT2D eigenvalue weighted by Gasteiger charge is 2.31. The number of alkyl halides is 6. The van der Waals surface area contributed by atoms with Gasteiger partial charge in [-0.25, -0.2) is 4.99 Å². The van der Waals surface area contributed by atoms with Gasteiger partial charge >= 0.3 is 12.4 Å². The molecule has 0 radical (unpaired) electrons. The highest BCUT2D eigenvalue weighted by Crippen LogP contribution is 2.35. The van der Waals surface area contributed by atoms with E-state index in [0.29, 0.717) is 6.07 Å². The molecule has 0 heterocycles. The van der Waals surface area contributed by atoms with Crippen LogP contribution in [0.4, 0.5) is 37.7 Å². The Hall–Kier alpha value is -1.93. The maximum atomic E-state index is 12.7. The fourth-order valence-electron chi connectivity index (χ4n) is 1.77. The van der Waals surface area contributed by atoms with Crippen molar-refractivity contribution in [2.45, 2.75) is 12.4 Å². The predicted molar refractivity (Wildman–Crippen MR) is 84.7 cm³/mol. The van der Waals surface area contributed by atoms with Crippen molar-refractivity contribution in [1.82, 2.24) is 0 Å². The number of halogens is 8. The molecule has 2 aromatic carbocycles. The molecule has 0 fully saturated rings. The Labute approximate surface area is 148 Å². The van der Waals surface area contributed by atoms with Crippen LogP contribution in [-0.2, 0) is 12.4 Å². The maximum Gasteiger partial charge on any atom is 0.416 e. The quantitative estimate of drug-likeness (QED) is 0.341. The van der Waals surface area contributed by atoms with Crippen LogP contribution in [-0.4, -0.2) is 6.34 Å². The Morgan fingerprint density at radius 2 is 1.32 bits per heavy atom. The van der Waals surface area contributed by atoms with E-state index in [2.05, 4.69) is 10.3 Å². The summed E-state index contributed by atoms with van der Waals surface area (Å²) in [4.78, 5) is 3.70. The Morgan fingerprint density at radius 3 is 1.88 bits per heavy atom. The third-order valence-corrected chi connectivity index (χ3v) is 3.64. The van der Waals surface area contributed by atoms with E-state index in [1.807, 2.05) is 0 Å². The molecule has 0 amide bonds. The molecule has 2 rings (SSSR count). The van der Waals surface area contributed by atoms with Crippen molar-refractivity contribution in [2.75, 3.05) is 5.32 Å². The minimum absolute atomic E-state index is 0.0189. The molecule has 0 saturated heterocycles. The lowest BCUT2D eigenvalue weighted by Gasteiger charge is -2.10. The molecule has 0 saturated carbocycles. The Morgan fingerprint density at radius 1 is 0.800 bits per heavy atom. The van der Waals surface area contributed by atoms with E-state index in [-0.39, 0.29) is 21.4 Å². The molecule has 2 nitrogen and oxygen atoms in total. The zero-order chi connectivity index (χ0) is 18.8. The van der Waals surface area contributed by atoms with Crippen LogP contribution in [0.3, 0.4) is 0 Å². The lowest BCUT2D eigenvalue weighted by molar-refractivity contribution is -0.138. The van der Waals surface area contributed by atoms with Gasteiger partial charge in [-0.15, -0.1) is 0 Å². The van der Waals surface area contributed by atoms with Crippen LogP contribution in [0.25, 0.3) is 0 Å². The van der Waals surface area contributed by atoms with Gasteiger partial charge < -0.3 is 5.32 Å². The first-order valence-corrected chi connectivity index (χ1v) is 7.26. The molecule has 0 spiro atoms. The zero-order valence-corrected chi connectivity index (χ0v) is 13.5. The van der Waals surface area contributed by atoms with E-state index >= 15 is 0 Å². The van der Waals surface area contributed by atoms with Crippen LogP contribution in [0.5, 0.6) is 0 Å². The summed E-state index contributed by atoms with van der Waals surface area (Å²) in [5.74, 6) is 0. The van der Waals surface area contributed by atoms with Gasteiger partial charge in [0.15, 0.2) is 0 Å². The maximum absolute atomic E-state index is 12.7. The van der Waals surface area contributed by atoms with E-state index in [9.17, 15) is 26.3 Å². The van der Waals surface area contributed by atoms with Crippen LogP contribution in [0.1, 0.15) is 11.1 Å². The first kappa shape index (κ1) is 19.4. The van der Waals surface area contributed by atoms with Crippen molar-refractivity contribution in [3.8, 4) is 0 Å². The largest absolute Gasteiger partial charge is 0.416 e. The Kier molecular flexibility index (Phi) is 5.53. The van der Waals surface area contributed by atoms with Crippen LogP contribution in [0, 0.1) is 0 Å². The number of hydrogen-bond acceptors (Lipinski definition) is 1. The molecule has 2 aromatic rings. The smallest absolute Gasteiger partial charge is 0.345 e. The fraction of sp³-hybridized carbons (Fsp3) is 0.133. The van der Waals surface area contributed by atoms with Crippen molar-refractivity contribution >= 4 is 40.9 Å². The summed E-state index contributed by atoms with van der Waals surface area (Å²) in [5.41, 5.74) is -2.21. The van der Waals surface area contributed by atoms with Crippen molar-refractivity contribution in [2.24, 2.45) is 4.99 Å². The topological polar surface area (TPSA) is 24.4 Å². The second-order valence-corrected chi connectivity index (χ2v) is 5.57. The summed E-state index contributed by atoms with van der Waals surface area (Å²) in [6.45, 7) is 0. The zero-order valence-electron chi connectivity index (χ0n) is 12.0. The van der Waals surface area contributed by atoms with Gasteiger partial charge in [-0.1, -0.05) is 23.2 Å². The van der Waals surface area contributed by atoms with Gasteiger partial charge in [0.1, 0.15) is 0 Å². The molecule has 0 aliphatic carbocycles. The average molecular weight is 401 g/mol. The monoisotopic (exact) mass is 400 g/mol. The summed E-state index contributed by atoms with van der Waals surface area (Å²) in [6, 6.07) is 5.12. The number of rotatable bonds is 3. The first-order valence-electron chi connectivity index (χ1n) is 6.51. The van der Waals surface area contributed by atoms with Crippen LogP contribution >= 0.6 is 23.2 Å². The second kappa shape index (κ2) is 7.13. The van der Waals surface area contributed by atoms with Crippen molar-refractivity contribution in [3.63, 3.8) is 0 Å². The molecular weight excluding hydrogens is 393 g/mol. The Balaban J connectivity index is 2.25. The molecule has 0 aromatic heterocycles. The van der Waals surface area contributed by atoms with Gasteiger partial charge in [-0.3, -0.25) is 0 Å². The second-order valence-electron chi connectivity index (χ2n) is 4.76. The summed E-state index contributed by atoms with van der Waals surface area (Å²) in [7, 11) is 0. The normalized spacial score (nSPS) is 12.6. The van der Waals surface area contributed by atoms with Gasteiger partial charge in [0.25, 0.3) is 0 Å². The number of nitrogens with one attached hydrogen (secondary N) is 1. The Bertz CT molecular complexity index is 800. The molecular formula is C15H8Cl2F6N2. The number of anilines is 1. The number of aliphatic imine (C=N–C) groups is 1. The minimum atomic E-state index is -4.58. The predicted octanol–water partition coefficient (Wildman–Crippen LogP) is 6.80. The number of benzene rings is 2. The fourth-order valence-corrected chi connectivity index (χ4v) is 2.11. The SMILES string of the molecule is FC(F)(F)c1ccc(Cl)c(N=CNc2cc(C(F)(F)F)ccc2Cl)c1. The minimum Gasteiger partial charge on any atom is -0.345 e. The molecule has 0 aliphatic rings. The molecule has 0 unspecified atom stereocenters. The molecule has 25 heavy (non-hydrogen) atoms. The summed E-state index contributed by atoms with van der Waals surface area (Å²) in [6.07, 6.45) is -8.24. The van der Waals surface area contributed by atoms with E-state index in [4.69, 9.17) is 23.2 Å². The van der Waals surface area contributed by atoms with Crippen molar-refractivity contribution in [3.05, 3.63) is 57.6 Å². The van der Waals surface area contributed by atoms with Crippen LogP contribution in [0.2, 0.25) is 10.0 Å². The van der Waals surface area contributed by atoms with E-state index < -0.39 is 23.5 Å². The standard InChI is InChI=1S/C15H8Cl2F6N2/c16-10-3-1-8(14(18,19)20)5-12(10)24-7-25-13-6-9(15(21,22)23)2-4-11(13)17/h1-7H,(H,24,25). The van der Waals surface area contributed by atoms with E-state index in [0.717, 1.165) is 36.7 Å².